The van der Waals surface area contributed by atoms with Gasteiger partial charge in [-0.3, -0.25) is 4.79 Å². The van der Waals surface area contributed by atoms with Gasteiger partial charge in [-0.05, 0) is 12.1 Å². The van der Waals surface area contributed by atoms with Crippen molar-refractivity contribution < 1.29 is 9.78 Å². The molecule has 0 radical (unpaired) electrons. The molecule has 23 heavy (non-hydrogen) atoms. The zero-order chi connectivity index (χ0) is 15.6. The van der Waals surface area contributed by atoms with Gasteiger partial charge in [0, 0.05) is 54.9 Å². The van der Waals surface area contributed by atoms with Crippen molar-refractivity contribution in [2.75, 3.05) is 31.1 Å². The Labute approximate surface area is 134 Å². The predicted octanol–water partition coefficient (Wildman–Crippen LogP) is 1.94. The van der Waals surface area contributed by atoms with E-state index < -0.39 is 0 Å². The number of carbonyl (C=O) groups is 1. The second kappa shape index (κ2) is 5.76. The molecule has 1 aromatic carbocycles. The van der Waals surface area contributed by atoms with Crippen LogP contribution in [0.3, 0.4) is 0 Å². The Hall–Kier alpha value is -2.82. The first-order valence-electron chi connectivity index (χ1n) is 7.89. The number of fused-ring (bicyclic) bond motifs is 1. The third-order valence-electron chi connectivity index (χ3n) is 4.39. The molecule has 3 heterocycles. The quantitative estimate of drug-likeness (QED) is 0.787. The van der Waals surface area contributed by atoms with Gasteiger partial charge in [0.15, 0.2) is 12.4 Å². The van der Waals surface area contributed by atoms with Crippen molar-refractivity contribution in [3.63, 3.8) is 0 Å². The average molecular weight is 307 g/mol. The van der Waals surface area contributed by atoms with Crippen LogP contribution < -0.4 is 9.88 Å². The van der Waals surface area contributed by atoms with Gasteiger partial charge >= 0.3 is 0 Å². The minimum Gasteiger partial charge on any atom is -0.368 e. The third kappa shape index (κ3) is 2.65. The van der Waals surface area contributed by atoms with Crippen LogP contribution in [0.5, 0.6) is 0 Å². The van der Waals surface area contributed by atoms with Gasteiger partial charge in [-0.1, -0.05) is 18.2 Å². The van der Waals surface area contributed by atoms with Crippen LogP contribution in [0.1, 0.15) is 10.5 Å². The Bertz CT molecular complexity index is 786. The maximum absolute atomic E-state index is 12.7. The highest BCUT2D eigenvalue weighted by molar-refractivity contribution is 5.98. The van der Waals surface area contributed by atoms with Gasteiger partial charge in [0.2, 0.25) is 0 Å². The van der Waals surface area contributed by atoms with Crippen LogP contribution in [-0.4, -0.2) is 42.0 Å². The monoisotopic (exact) mass is 307 g/mol. The fraction of sp³-hybridized carbons (Fsp3) is 0.222. The molecular weight excluding hydrogens is 288 g/mol. The normalized spacial score (nSPS) is 15.1. The molecule has 1 aliphatic heterocycles. The number of H-pyrrole nitrogens is 2. The number of nitrogens with zero attached hydrogens (tertiary/aromatic N) is 2. The molecule has 1 aliphatic rings. The van der Waals surface area contributed by atoms with Gasteiger partial charge in [0.25, 0.3) is 5.91 Å². The van der Waals surface area contributed by atoms with Crippen molar-refractivity contribution in [3.05, 3.63) is 60.6 Å². The summed E-state index contributed by atoms with van der Waals surface area (Å²) in [5.74, 6) is 0.0854. The number of nitrogens with one attached hydrogen (secondary N) is 2. The zero-order valence-electron chi connectivity index (χ0n) is 12.8. The Kier molecular flexibility index (Phi) is 3.46. The van der Waals surface area contributed by atoms with Gasteiger partial charge in [0.1, 0.15) is 5.69 Å². The average Bonchev–Trinajstić information content (AvgIpc) is 3.06. The predicted molar refractivity (Wildman–Crippen MR) is 89.4 cm³/mol. The van der Waals surface area contributed by atoms with Crippen LogP contribution >= 0.6 is 0 Å². The molecule has 0 bridgehead atoms. The SMILES string of the molecule is O=C(c1cc2ccccc2[nH]1)N1CCN(c2cc[nH+]cc2)CC1. The van der Waals surface area contributed by atoms with Crippen molar-refractivity contribution in [1.82, 2.24) is 9.88 Å². The fourth-order valence-corrected chi connectivity index (χ4v) is 3.12. The minimum absolute atomic E-state index is 0.0854. The first kappa shape index (κ1) is 13.8. The van der Waals surface area contributed by atoms with Gasteiger partial charge in [-0.2, -0.15) is 0 Å². The highest BCUT2D eigenvalue weighted by Gasteiger charge is 2.23. The van der Waals surface area contributed by atoms with E-state index in [1.54, 1.807) is 0 Å². The summed E-state index contributed by atoms with van der Waals surface area (Å²) >= 11 is 0. The maximum atomic E-state index is 12.7. The lowest BCUT2D eigenvalue weighted by Gasteiger charge is -2.35. The summed E-state index contributed by atoms with van der Waals surface area (Å²) in [6, 6.07) is 14.1. The zero-order valence-corrected chi connectivity index (χ0v) is 12.8. The third-order valence-corrected chi connectivity index (χ3v) is 4.39. The Morgan fingerprint density at radius 1 is 1.00 bits per heavy atom. The number of carbonyl (C=O) groups excluding carboxylic acids is 1. The number of amides is 1. The van der Waals surface area contributed by atoms with E-state index in [0.29, 0.717) is 5.69 Å². The van der Waals surface area contributed by atoms with E-state index in [9.17, 15) is 4.79 Å². The first-order valence-corrected chi connectivity index (χ1v) is 7.89. The minimum atomic E-state index is 0.0854. The van der Waals surface area contributed by atoms with Gasteiger partial charge in [-0.15, -0.1) is 0 Å². The molecule has 0 spiro atoms. The standard InChI is InChI=1S/C18H18N4O/c23-18(17-13-14-3-1-2-4-16(14)20-17)22-11-9-21(10-12-22)15-5-7-19-8-6-15/h1-8,13,20H,9-12H2/p+1. The molecule has 0 aliphatic carbocycles. The van der Waals surface area contributed by atoms with Crippen LogP contribution in [0.4, 0.5) is 5.69 Å². The molecule has 0 atom stereocenters. The summed E-state index contributed by atoms with van der Waals surface area (Å²) in [7, 11) is 0. The molecule has 2 aromatic heterocycles. The summed E-state index contributed by atoms with van der Waals surface area (Å²) in [6.45, 7) is 3.20. The van der Waals surface area contributed by atoms with E-state index in [-0.39, 0.29) is 5.91 Å². The molecule has 4 rings (SSSR count). The van der Waals surface area contributed by atoms with E-state index in [0.717, 1.165) is 37.1 Å². The van der Waals surface area contributed by atoms with Crippen LogP contribution in [0.2, 0.25) is 0 Å². The van der Waals surface area contributed by atoms with Gasteiger partial charge < -0.3 is 14.8 Å². The molecule has 1 amide bonds. The summed E-state index contributed by atoms with van der Waals surface area (Å²) in [5, 5.41) is 1.08. The highest BCUT2D eigenvalue weighted by Crippen LogP contribution is 2.18. The van der Waals surface area contributed by atoms with E-state index >= 15 is 0 Å². The van der Waals surface area contributed by atoms with Gasteiger partial charge in [-0.25, -0.2) is 4.98 Å². The largest absolute Gasteiger partial charge is 0.368 e. The number of piperazine rings is 1. The number of anilines is 1. The first-order chi connectivity index (χ1) is 11.3. The Morgan fingerprint density at radius 3 is 2.48 bits per heavy atom. The van der Waals surface area contributed by atoms with E-state index in [1.807, 2.05) is 47.6 Å². The molecule has 3 aromatic rings. The number of rotatable bonds is 2. The molecule has 2 N–H and O–H groups in total. The van der Waals surface area contributed by atoms with Crippen LogP contribution in [0.15, 0.2) is 54.9 Å². The molecular formula is C18H19N4O+. The second-order valence-corrected chi connectivity index (χ2v) is 5.81. The topological polar surface area (TPSA) is 53.5 Å². The number of aromatic nitrogens is 2. The Morgan fingerprint density at radius 2 is 1.74 bits per heavy atom. The summed E-state index contributed by atoms with van der Waals surface area (Å²) in [5.41, 5.74) is 2.88. The van der Waals surface area contributed by atoms with Crippen molar-refractivity contribution in [2.24, 2.45) is 0 Å². The highest BCUT2D eigenvalue weighted by atomic mass is 16.2. The van der Waals surface area contributed by atoms with Crippen LogP contribution in [0.25, 0.3) is 10.9 Å². The van der Waals surface area contributed by atoms with Crippen LogP contribution in [0, 0.1) is 0 Å². The van der Waals surface area contributed by atoms with E-state index in [4.69, 9.17) is 0 Å². The van der Waals surface area contributed by atoms with Crippen molar-refractivity contribution in [2.45, 2.75) is 0 Å². The molecule has 116 valence electrons. The number of para-hydroxylation sites is 1. The second-order valence-electron chi connectivity index (χ2n) is 5.81. The number of hydrogen-bond acceptors (Lipinski definition) is 2. The lowest BCUT2D eigenvalue weighted by atomic mass is 10.2. The molecule has 5 heteroatoms. The molecule has 1 saturated heterocycles. The number of aromatic amines is 2. The summed E-state index contributed by atoms with van der Waals surface area (Å²) in [4.78, 5) is 23.2. The molecule has 5 nitrogen and oxygen atoms in total. The van der Waals surface area contributed by atoms with Crippen molar-refractivity contribution >= 4 is 22.5 Å². The van der Waals surface area contributed by atoms with Crippen molar-refractivity contribution in [1.29, 1.82) is 0 Å². The smallest absolute Gasteiger partial charge is 0.270 e. The van der Waals surface area contributed by atoms with E-state index in [2.05, 4.69) is 27.0 Å². The van der Waals surface area contributed by atoms with Crippen LogP contribution in [-0.2, 0) is 0 Å². The number of hydrogen-bond donors (Lipinski definition) is 1. The summed E-state index contributed by atoms with van der Waals surface area (Å²) < 4.78 is 0. The molecule has 1 fully saturated rings. The van der Waals surface area contributed by atoms with E-state index in [1.165, 1.54) is 5.69 Å². The lowest BCUT2D eigenvalue weighted by Crippen LogP contribution is -2.48. The fourth-order valence-electron chi connectivity index (χ4n) is 3.12. The number of benzene rings is 1. The number of pyridine rings is 1. The summed E-state index contributed by atoms with van der Waals surface area (Å²) in [6.07, 6.45) is 3.86. The molecule has 0 unspecified atom stereocenters. The maximum Gasteiger partial charge on any atom is 0.270 e. The van der Waals surface area contributed by atoms with Crippen molar-refractivity contribution in [3.8, 4) is 0 Å². The molecule has 0 saturated carbocycles. The Balaban J connectivity index is 1.46. The van der Waals surface area contributed by atoms with Gasteiger partial charge in [0.05, 0.1) is 0 Å². The lowest BCUT2D eigenvalue weighted by molar-refractivity contribution is -0.377.